The van der Waals surface area contributed by atoms with Crippen molar-refractivity contribution in [3.05, 3.63) is 47.6 Å². The van der Waals surface area contributed by atoms with E-state index in [0.717, 1.165) is 12.8 Å². The van der Waals surface area contributed by atoms with Crippen molar-refractivity contribution in [1.82, 2.24) is 15.5 Å². The molecule has 1 fully saturated rings. The zero-order valence-electron chi connectivity index (χ0n) is 15.1. The molecule has 0 spiro atoms. The lowest BCUT2D eigenvalue weighted by Gasteiger charge is -2.17. The molecule has 1 heterocycles. The Balaban J connectivity index is 1.68. The van der Waals surface area contributed by atoms with Crippen molar-refractivity contribution in [2.45, 2.75) is 45.3 Å². The van der Waals surface area contributed by atoms with Crippen molar-refractivity contribution in [2.75, 3.05) is 0 Å². The quantitative estimate of drug-likeness (QED) is 0.702. The SMILES string of the molecule is CC(C)C(NC(=O)C=Cc1ccccc1OC(F)F)c1nc(C2CC2)no1. The van der Waals surface area contributed by atoms with Crippen molar-refractivity contribution in [1.29, 1.82) is 0 Å². The second-order valence-corrected chi connectivity index (χ2v) is 6.75. The molecule has 1 amide bonds. The number of rotatable bonds is 8. The zero-order chi connectivity index (χ0) is 19.4. The summed E-state index contributed by atoms with van der Waals surface area (Å²) in [7, 11) is 0. The molecule has 1 atom stereocenters. The molecule has 1 aliphatic carbocycles. The van der Waals surface area contributed by atoms with Crippen LogP contribution < -0.4 is 10.1 Å². The summed E-state index contributed by atoms with van der Waals surface area (Å²) in [5.74, 6) is 1.05. The van der Waals surface area contributed by atoms with Gasteiger partial charge in [-0.15, -0.1) is 0 Å². The number of halogens is 2. The van der Waals surface area contributed by atoms with E-state index in [-0.39, 0.29) is 11.7 Å². The molecule has 1 aromatic heterocycles. The van der Waals surface area contributed by atoms with Gasteiger partial charge in [0.05, 0.1) is 0 Å². The Labute approximate surface area is 155 Å². The maximum atomic E-state index is 12.5. The standard InChI is InChI=1S/C19H21F2N3O3/c1-11(2)16(18-23-17(24-27-18)13-7-8-13)22-15(25)10-9-12-5-3-4-6-14(12)26-19(20)21/h3-6,9-11,13,16,19H,7-8H2,1-2H3,(H,22,25). The van der Waals surface area contributed by atoms with Gasteiger partial charge in [0.1, 0.15) is 11.8 Å². The highest BCUT2D eigenvalue weighted by molar-refractivity contribution is 5.92. The number of nitrogens with one attached hydrogen (secondary N) is 1. The van der Waals surface area contributed by atoms with Crippen molar-refractivity contribution in [3.63, 3.8) is 0 Å². The van der Waals surface area contributed by atoms with Gasteiger partial charge in [-0.25, -0.2) is 0 Å². The van der Waals surface area contributed by atoms with E-state index in [9.17, 15) is 13.6 Å². The number of hydrogen-bond acceptors (Lipinski definition) is 5. The number of nitrogens with zero attached hydrogens (tertiary/aromatic N) is 2. The largest absolute Gasteiger partial charge is 0.434 e. The van der Waals surface area contributed by atoms with Crippen LogP contribution in [0.4, 0.5) is 8.78 Å². The predicted molar refractivity (Wildman–Crippen MR) is 94.1 cm³/mol. The molecule has 1 saturated carbocycles. The molecule has 1 unspecified atom stereocenters. The normalized spacial score (nSPS) is 15.5. The molecule has 8 heteroatoms. The second-order valence-electron chi connectivity index (χ2n) is 6.75. The lowest BCUT2D eigenvalue weighted by Crippen LogP contribution is -2.30. The van der Waals surface area contributed by atoms with E-state index in [1.807, 2.05) is 13.8 Å². The Morgan fingerprint density at radius 1 is 1.33 bits per heavy atom. The van der Waals surface area contributed by atoms with Gasteiger partial charge in [0.2, 0.25) is 11.8 Å². The fraction of sp³-hybridized carbons (Fsp3) is 0.421. The molecule has 2 aromatic rings. The van der Waals surface area contributed by atoms with Crippen LogP contribution in [0, 0.1) is 5.92 Å². The minimum absolute atomic E-state index is 0.00272. The van der Waals surface area contributed by atoms with E-state index in [4.69, 9.17) is 4.52 Å². The summed E-state index contributed by atoms with van der Waals surface area (Å²) in [5, 5.41) is 6.80. The van der Waals surface area contributed by atoms with E-state index in [1.165, 1.54) is 18.2 Å². The van der Waals surface area contributed by atoms with Crippen LogP contribution in [-0.2, 0) is 4.79 Å². The maximum absolute atomic E-state index is 12.5. The Morgan fingerprint density at radius 3 is 2.74 bits per heavy atom. The van der Waals surface area contributed by atoms with Crippen LogP contribution in [0.2, 0.25) is 0 Å². The number of alkyl halides is 2. The summed E-state index contributed by atoms with van der Waals surface area (Å²) in [5.41, 5.74) is 0.378. The summed E-state index contributed by atoms with van der Waals surface area (Å²) in [6.07, 6.45) is 4.80. The third kappa shape index (κ3) is 5.12. The first-order valence-electron chi connectivity index (χ1n) is 8.80. The molecule has 1 aliphatic rings. The molecular formula is C19H21F2N3O3. The minimum atomic E-state index is -2.93. The third-order valence-corrected chi connectivity index (χ3v) is 4.18. The number of carbonyl (C=O) groups is 1. The maximum Gasteiger partial charge on any atom is 0.387 e. The van der Waals surface area contributed by atoms with Crippen LogP contribution in [0.5, 0.6) is 5.75 Å². The number of benzene rings is 1. The number of ether oxygens (including phenoxy) is 1. The molecule has 0 saturated heterocycles. The van der Waals surface area contributed by atoms with Crippen LogP contribution in [0.3, 0.4) is 0 Å². The molecule has 6 nitrogen and oxygen atoms in total. The van der Waals surface area contributed by atoms with Gasteiger partial charge in [-0.3, -0.25) is 4.79 Å². The van der Waals surface area contributed by atoms with Crippen molar-refractivity contribution in [2.24, 2.45) is 5.92 Å². The molecule has 0 radical (unpaired) electrons. The van der Waals surface area contributed by atoms with Crippen LogP contribution in [-0.4, -0.2) is 22.7 Å². The Bertz CT molecular complexity index is 816. The van der Waals surface area contributed by atoms with Gasteiger partial charge in [0.25, 0.3) is 0 Å². The molecule has 0 aliphatic heterocycles. The van der Waals surface area contributed by atoms with E-state index >= 15 is 0 Å². The predicted octanol–water partition coefficient (Wildman–Crippen LogP) is 4.08. The molecule has 144 valence electrons. The summed E-state index contributed by atoms with van der Waals surface area (Å²) < 4.78 is 34.7. The van der Waals surface area contributed by atoms with Crippen molar-refractivity contribution >= 4 is 12.0 Å². The number of para-hydroxylation sites is 1. The smallest absolute Gasteiger partial charge is 0.387 e. The molecule has 1 aromatic carbocycles. The zero-order valence-corrected chi connectivity index (χ0v) is 15.1. The fourth-order valence-corrected chi connectivity index (χ4v) is 2.58. The molecule has 27 heavy (non-hydrogen) atoms. The first-order chi connectivity index (χ1) is 12.9. The van der Waals surface area contributed by atoms with Crippen molar-refractivity contribution < 1.29 is 22.8 Å². The molecule has 3 rings (SSSR count). The van der Waals surface area contributed by atoms with Gasteiger partial charge in [0, 0.05) is 17.6 Å². The van der Waals surface area contributed by atoms with E-state index in [0.29, 0.717) is 23.2 Å². The Morgan fingerprint density at radius 2 is 2.07 bits per heavy atom. The van der Waals surface area contributed by atoms with Crippen molar-refractivity contribution in [3.8, 4) is 5.75 Å². The van der Waals surface area contributed by atoms with Crippen LogP contribution in [0.25, 0.3) is 6.08 Å². The van der Waals surface area contributed by atoms with Crippen LogP contribution in [0.1, 0.15) is 55.9 Å². The average molecular weight is 377 g/mol. The summed E-state index contributed by atoms with van der Waals surface area (Å²) in [6, 6.07) is 5.82. The van der Waals surface area contributed by atoms with E-state index < -0.39 is 18.6 Å². The topological polar surface area (TPSA) is 77.2 Å². The monoisotopic (exact) mass is 377 g/mol. The molecular weight excluding hydrogens is 356 g/mol. The lowest BCUT2D eigenvalue weighted by molar-refractivity contribution is -0.117. The highest BCUT2D eigenvalue weighted by Crippen LogP contribution is 2.38. The van der Waals surface area contributed by atoms with Gasteiger partial charge in [0.15, 0.2) is 5.82 Å². The van der Waals surface area contributed by atoms with Gasteiger partial charge in [-0.2, -0.15) is 13.8 Å². The van der Waals surface area contributed by atoms with E-state index in [2.05, 4.69) is 20.2 Å². The minimum Gasteiger partial charge on any atom is -0.434 e. The lowest BCUT2D eigenvalue weighted by atomic mass is 10.0. The van der Waals surface area contributed by atoms with Gasteiger partial charge >= 0.3 is 6.61 Å². The van der Waals surface area contributed by atoms with Gasteiger partial charge in [-0.05, 0) is 30.9 Å². The number of amides is 1. The average Bonchev–Trinajstić information content (AvgIpc) is 3.36. The first-order valence-corrected chi connectivity index (χ1v) is 8.80. The first kappa shape index (κ1) is 19.0. The van der Waals surface area contributed by atoms with E-state index in [1.54, 1.807) is 18.2 Å². The molecule has 0 bridgehead atoms. The Hall–Kier alpha value is -2.77. The fourth-order valence-electron chi connectivity index (χ4n) is 2.58. The van der Waals surface area contributed by atoms with Gasteiger partial charge < -0.3 is 14.6 Å². The number of carbonyl (C=O) groups excluding carboxylic acids is 1. The summed E-state index contributed by atoms with van der Waals surface area (Å²) in [4.78, 5) is 16.7. The number of hydrogen-bond donors (Lipinski definition) is 1. The highest BCUT2D eigenvalue weighted by Gasteiger charge is 2.31. The van der Waals surface area contributed by atoms with Crippen LogP contribution >= 0.6 is 0 Å². The van der Waals surface area contributed by atoms with Gasteiger partial charge in [-0.1, -0.05) is 37.2 Å². The molecule has 1 N–H and O–H groups in total. The second kappa shape index (κ2) is 8.28. The van der Waals surface area contributed by atoms with Crippen LogP contribution in [0.15, 0.2) is 34.9 Å². The highest BCUT2D eigenvalue weighted by atomic mass is 19.3. The third-order valence-electron chi connectivity index (χ3n) is 4.18. The summed E-state index contributed by atoms with van der Waals surface area (Å²) >= 11 is 0. The number of aromatic nitrogens is 2. The Kier molecular flexibility index (Phi) is 5.83. The summed E-state index contributed by atoms with van der Waals surface area (Å²) in [6.45, 7) is 0.931.